The highest BCUT2D eigenvalue weighted by Gasteiger charge is 2.35. The summed E-state index contributed by atoms with van der Waals surface area (Å²) in [5, 5.41) is 0. The van der Waals surface area contributed by atoms with Crippen molar-refractivity contribution >= 4 is 5.91 Å². The van der Waals surface area contributed by atoms with E-state index in [0.29, 0.717) is 24.4 Å². The van der Waals surface area contributed by atoms with E-state index in [9.17, 15) is 4.79 Å². The molecule has 18 heavy (non-hydrogen) atoms. The third kappa shape index (κ3) is 3.05. The van der Waals surface area contributed by atoms with E-state index in [1.807, 2.05) is 7.05 Å². The molecular weight excluding hydrogens is 224 g/mol. The molecule has 3 nitrogen and oxygen atoms in total. The highest BCUT2D eigenvalue weighted by atomic mass is 16.2. The first-order valence-electron chi connectivity index (χ1n) is 7.70. The van der Waals surface area contributed by atoms with E-state index >= 15 is 0 Å². The van der Waals surface area contributed by atoms with Gasteiger partial charge in [0.2, 0.25) is 5.91 Å². The molecule has 0 aliphatic heterocycles. The normalized spacial score (nSPS) is 30.1. The number of nitrogens with zero attached hydrogens (tertiary/aromatic N) is 1. The Labute approximate surface area is 111 Å². The first-order valence-corrected chi connectivity index (χ1v) is 7.70. The number of hydrogen-bond acceptors (Lipinski definition) is 2. The number of rotatable bonds is 3. The zero-order chi connectivity index (χ0) is 13.0. The van der Waals surface area contributed by atoms with Gasteiger partial charge in [-0.3, -0.25) is 4.79 Å². The summed E-state index contributed by atoms with van der Waals surface area (Å²) >= 11 is 0. The Morgan fingerprint density at radius 1 is 1.06 bits per heavy atom. The number of hydrogen-bond donors (Lipinski definition) is 1. The average molecular weight is 252 g/mol. The molecule has 0 aromatic carbocycles. The first kappa shape index (κ1) is 13.9. The van der Waals surface area contributed by atoms with Crippen LogP contribution in [-0.4, -0.2) is 30.4 Å². The van der Waals surface area contributed by atoms with Crippen molar-refractivity contribution in [3.63, 3.8) is 0 Å². The largest absolute Gasteiger partial charge is 0.343 e. The molecule has 0 bridgehead atoms. The third-order valence-electron chi connectivity index (χ3n) is 5.00. The van der Waals surface area contributed by atoms with Crippen LogP contribution in [0.5, 0.6) is 0 Å². The van der Waals surface area contributed by atoms with Gasteiger partial charge in [0.1, 0.15) is 0 Å². The molecule has 2 fully saturated rings. The molecule has 0 aromatic heterocycles. The lowest BCUT2D eigenvalue weighted by Crippen LogP contribution is -2.42. The van der Waals surface area contributed by atoms with Crippen molar-refractivity contribution in [3.8, 4) is 0 Å². The van der Waals surface area contributed by atoms with Crippen LogP contribution in [0.2, 0.25) is 0 Å². The second-order valence-electron chi connectivity index (χ2n) is 6.13. The third-order valence-corrected chi connectivity index (χ3v) is 5.00. The smallest absolute Gasteiger partial charge is 0.225 e. The van der Waals surface area contributed by atoms with Gasteiger partial charge >= 0.3 is 0 Å². The Kier molecular flexibility index (Phi) is 5.04. The minimum absolute atomic E-state index is 0.211. The SMILES string of the molecule is CN(C(=O)[C@@H]1CCC[C@@H]1CN)C1CCCCCC1. The van der Waals surface area contributed by atoms with E-state index in [2.05, 4.69) is 4.90 Å². The molecule has 2 atom stereocenters. The van der Waals surface area contributed by atoms with Crippen LogP contribution < -0.4 is 5.73 Å². The first-order chi connectivity index (χ1) is 8.74. The van der Waals surface area contributed by atoms with Gasteiger partial charge < -0.3 is 10.6 Å². The molecule has 0 unspecified atom stereocenters. The molecule has 2 aliphatic rings. The van der Waals surface area contributed by atoms with Crippen LogP contribution in [0.1, 0.15) is 57.8 Å². The van der Waals surface area contributed by atoms with Gasteiger partial charge in [0.15, 0.2) is 0 Å². The number of amides is 1. The summed E-state index contributed by atoms with van der Waals surface area (Å²) < 4.78 is 0. The quantitative estimate of drug-likeness (QED) is 0.785. The predicted octanol–water partition coefficient (Wildman–Crippen LogP) is 2.54. The van der Waals surface area contributed by atoms with Gasteiger partial charge in [-0.15, -0.1) is 0 Å². The Morgan fingerprint density at radius 3 is 2.33 bits per heavy atom. The standard InChI is InChI=1S/C15H28N2O/c1-17(13-8-4-2-3-5-9-13)15(18)14-10-6-7-12(14)11-16/h12-14H,2-11,16H2,1H3/t12-,14-/m1/s1. The molecule has 2 saturated carbocycles. The molecule has 0 heterocycles. The maximum Gasteiger partial charge on any atom is 0.225 e. The molecule has 2 N–H and O–H groups in total. The maximum absolute atomic E-state index is 12.6. The van der Waals surface area contributed by atoms with Crippen molar-refractivity contribution in [1.29, 1.82) is 0 Å². The Bertz CT molecular complexity index is 272. The lowest BCUT2D eigenvalue weighted by molar-refractivity contribution is -0.137. The molecule has 3 heteroatoms. The van der Waals surface area contributed by atoms with Crippen molar-refractivity contribution in [1.82, 2.24) is 4.90 Å². The Morgan fingerprint density at radius 2 is 1.72 bits per heavy atom. The van der Waals surface area contributed by atoms with Gasteiger partial charge in [0, 0.05) is 19.0 Å². The van der Waals surface area contributed by atoms with Crippen molar-refractivity contribution in [2.24, 2.45) is 17.6 Å². The van der Waals surface area contributed by atoms with Crippen molar-refractivity contribution in [2.45, 2.75) is 63.8 Å². The molecule has 1 amide bonds. The highest BCUT2D eigenvalue weighted by molar-refractivity contribution is 5.79. The van der Waals surface area contributed by atoms with Gasteiger partial charge in [-0.25, -0.2) is 0 Å². The summed E-state index contributed by atoms with van der Waals surface area (Å²) in [6.45, 7) is 0.676. The van der Waals surface area contributed by atoms with Crippen LogP contribution in [-0.2, 0) is 4.79 Å². The summed E-state index contributed by atoms with van der Waals surface area (Å²) in [5.41, 5.74) is 5.79. The minimum Gasteiger partial charge on any atom is -0.343 e. The van der Waals surface area contributed by atoms with Crippen LogP contribution in [0.25, 0.3) is 0 Å². The monoisotopic (exact) mass is 252 g/mol. The molecule has 104 valence electrons. The van der Waals surface area contributed by atoms with E-state index in [0.717, 1.165) is 12.8 Å². The molecule has 2 aliphatic carbocycles. The second kappa shape index (κ2) is 6.55. The van der Waals surface area contributed by atoms with Crippen molar-refractivity contribution in [2.75, 3.05) is 13.6 Å². The Hall–Kier alpha value is -0.570. The highest BCUT2D eigenvalue weighted by Crippen LogP contribution is 2.33. The molecule has 0 radical (unpaired) electrons. The maximum atomic E-state index is 12.6. The number of nitrogens with two attached hydrogens (primary N) is 1. The van der Waals surface area contributed by atoms with Gasteiger partial charge in [-0.2, -0.15) is 0 Å². The second-order valence-corrected chi connectivity index (χ2v) is 6.13. The van der Waals surface area contributed by atoms with E-state index in [4.69, 9.17) is 5.73 Å². The van der Waals surface area contributed by atoms with E-state index in [1.54, 1.807) is 0 Å². The summed E-state index contributed by atoms with van der Waals surface area (Å²) in [6, 6.07) is 0.485. The molecule has 2 rings (SSSR count). The van der Waals surface area contributed by atoms with E-state index < -0.39 is 0 Å². The topological polar surface area (TPSA) is 46.3 Å². The van der Waals surface area contributed by atoms with Crippen LogP contribution in [0.15, 0.2) is 0 Å². The van der Waals surface area contributed by atoms with Crippen LogP contribution in [0, 0.1) is 11.8 Å². The minimum atomic E-state index is 0.211. The summed E-state index contributed by atoms with van der Waals surface area (Å²) in [4.78, 5) is 14.7. The van der Waals surface area contributed by atoms with Crippen LogP contribution in [0.3, 0.4) is 0 Å². The van der Waals surface area contributed by atoms with Gasteiger partial charge in [-0.1, -0.05) is 32.1 Å². The van der Waals surface area contributed by atoms with Crippen LogP contribution >= 0.6 is 0 Å². The zero-order valence-electron chi connectivity index (χ0n) is 11.7. The van der Waals surface area contributed by atoms with E-state index in [1.165, 1.54) is 44.9 Å². The summed E-state index contributed by atoms with van der Waals surface area (Å²) in [5.74, 6) is 1.02. The zero-order valence-corrected chi connectivity index (χ0v) is 11.7. The van der Waals surface area contributed by atoms with E-state index in [-0.39, 0.29) is 5.92 Å². The molecule has 0 aromatic rings. The lowest BCUT2D eigenvalue weighted by atomic mass is 9.93. The predicted molar refractivity (Wildman–Crippen MR) is 74.1 cm³/mol. The summed E-state index contributed by atoms with van der Waals surface area (Å²) in [7, 11) is 2.02. The Balaban J connectivity index is 1.94. The fourth-order valence-corrected chi connectivity index (χ4v) is 3.73. The van der Waals surface area contributed by atoms with Gasteiger partial charge in [0.25, 0.3) is 0 Å². The molecule has 0 saturated heterocycles. The van der Waals surface area contributed by atoms with Crippen molar-refractivity contribution in [3.05, 3.63) is 0 Å². The average Bonchev–Trinajstić information content (AvgIpc) is 2.70. The van der Waals surface area contributed by atoms with Crippen molar-refractivity contribution < 1.29 is 4.79 Å². The lowest BCUT2D eigenvalue weighted by Gasteiger charge is -2.31. The van der Waals surface area contributed by atoms with Gasteiger partial charge in [0.05, 0.1) is 0 Å². The van der Waals surface area contributed by atoms with Crippen LogP contribution in [0.4, 0.5) is 0 Å². The van der Waals surface area contributed by atoms with Gasteiger partial charge in [-0.05, 0) is 38.1 Å². The number of carbonyl (C=O) groups is 1. The fraction of sp³-hybridized carbons (Fsp3) is 0.933. The molecular formula is C15H28N2O. The summed E-state index contributed by atoms with van der Waals surface area (Å²) in [6.07, 6.45) is 11.0. The fourth-order valence-electron chi connectivity index (χ4n) is 3.73. The molecule has 0 spiro atoms. The number of carbonyl (C=O) groups excluding carboxylic acids is 1.